The maximum atomic E-state index is 12.9. The van der Waals surface area contributed by atoms with Gasteiger partial charge in [0, 0.05) is 6.54 Å². The number of benzene rings is 2. The number of carbonyl (C=O) groups excluding carboxylic acids is 2. The zero-order valence-electron chi connectivity index (χ0n) is 18.4. The third-order valence-electron chi connectivity index (χ3n) is 6.26. The number of anilines is 1. The van der Waals surface area contributed by atoms with Crippen LogP contribution in [0.4, 0.5) is 5.82 Å². The first-order chi connectivity index (χ1) is 16.2. The van der Waals surface area contributed by atoms with Gasteiger partial charge in [-0.05, 0) is 66.5 Å². The van der Waals surface area contributed by atoms with E-state index in [1.807, 2.05) is 47.0 Å². The lowest BCUT2D eigenvalue weighted by Crippen LogP contribution is -2.14. The van der Waals surface area contributed by atoms with Crippen molar-refractivity contribution in [2.75, 3.05) is 11.9 Å². The third kappa shape index (κ3) is 4.58. The molecule has 1 N–H and O–H groups in total. The molecule has 0 radical (unpaired) electrons. The summed E-state index contributed by atoms with van der Waals surface area (Å²) >= 11 is 0. The number of nitrogens with one attached hydrogen (secondary N) is 1. The number of aromatic nitrogens is 2. The van der Waals surface area contributed by atoms with Crippen LogP contribution >= 0.6 is 0 Å². The Labute approximate surface area is 192 Å². The molecule has 5 rings (SSSR count). The van der Waals surface area contributed by atoms with Crippen molar-refractivity contribution in [3.8, 4) is 0 Å². The van der Waals surface area contributed by atoms with Gasteiger partial charge in [-0.15, -0.1) is 0 Å². The molecule has 0 saturated heterocycles. The third-order valence-corrected chi connectivity index (χ3v) is 6.26. The molecule has 1 aliphatic heterocycles. The molecule has 7 heteroatoms. The molecule has 0 bridgehead atoms. The standard InChI is InChI=1S/C26H26N4O3/c31-23-14-27-16-28-25-24(23)29-17-30(25)11-10-20-13-21(12-19-8-4-5-9-22(19)20)26(32)33-15-18-6-2-1-3-7-18/h1-3,6-7,12-13,16-17H,4-5,8-11,14-15H2,(H,27,28). The predicted molar refractivity (Wildman–Crippen MR) is 126 cm³/mol. The summed E-state index contributed by atoms with van der Waals surface area (Å²) in [5.41, 5.74) is 5.75. The average Bonchev–Trinajstić information content (AvgIpc) is 3.17. The van der Waals surface area contributed by atoms with Crippen molar-refractivity contribution in [3.05, 3.63) is 82.3 Å². The van der Waals surface area contributed by atoms with Crippen molar-refractivity contribution in [3.63, 3.8) is 0 Å². The zero-order chi connectivity index (χ0) is 22.6. The summed E-state index contributed by atoms with van der Waals surface area (Å²) < 4.78 is 7.54. The van der Waals surface area contributed by atoms with E-state index in [4.69, 9.17) is 4.74 Å². The normalized spacial score (nSPS) is 14.7. The number of aryl methyl sites for hydroxylation is 3. The Bertz CT molecular complexity index is 1210. The van der Waals surface area contributed by atoms with Crippen LogP contribution in [-0.4, -0.2) is 34.2 Å². The molecule has 168 valence electrons. The van der Waals surface area contributed by atoms with Gasteiger partial charge in [-0.25, -0.2) is 9.78 Å². The second kappa shape index (κ2) is 9.40. The molecule has 3 aromatic rings. The minimum absolute atomic E-state index is 0.0921. The summed E-state index contributed by atoms with van der Waals surface area (Å²) in [5.74, 6) is 0.285. The van der Waals surface area contributed by atoms with Crippen LogP contribution in [0.15, 0.2) is 53.8 Å². The van der Waals surface area contributed by atoms with E-state index in [9.17, 15) is 9.59 Å². The van der Waals surface area contributed by atoms with E-state index in [1.54, 1.807) is 12.7 Å². The highest BCUT2D eigenvalue weighted by Crippen LogP contribution is 2.28. The van der Waals surface area contributed by atoms with Gasteiger partial charge in [0.25, 0.3) is 0 Å². The highest BCUT2D eigenvalue weighted by atomic mass is 16.5. The number of nitrogens with zero attached hydrogens (tertiary/aromatic N) is 3. The maximum Gasteiger partial charge on any atom is 0.338 e. The van der Waals surface area contributed by atoms with Gasteiger partial charge in [0.1, 0.15) is 19.0 Å². The van der Waals surface area contributed by atoms with Crippen molar-refractivity contribution in [1.82, 2.24) is 9.55 Å². The van der Waals surface area contributed by atoms with Gasteiger partial charge in [-0.2, -0.15) is 0 Å². The first-order valence-corrected chi connectivity index (χ1v) is 11.4. The van der Waals surface area contributed by atoms with Crippen LogP contribution in [0.1, 0.15) is 55.9 Å². The Morgan fingerprint density at radius 2 is 1.97 bits per heavy atom. The monoisotopic (exact) mass is 442 g/mol. The largest absolute Gasteiger partial charge is 0.457 e. The van der Waals surface area contributed by atoms with E-state index >= 15 is 0 Å². The fourth-order valence-electron chi connectivity index (χ4n) is 4.56. The molecule has 2 aromatic carbocycles. The predicted octanol–water partition coefficient (Wildman–Crippen LogP) is 4.00. The Morgan fingerprint density at radius 3 is 2.85 bits per heavy atom. The number of esters is 1. The molecular formula is C26H26N4O3. The molecule has 33 heavy (non-hydrogen) atoms. The molecule has 2 aliphatic rings. The Kier molecular flexibility index (Phi) is 6.02. The first kappa shape index (κ1) is 21.1. The number of fused-ring (bicyclic) bond motifs is 2. The SMILES string of the molecule is O=C(OCc1ccccc1)c1cc2c(c(CCn3cnc4c3NC=NCC4=O)c1)CCCC2. The van der Waals surface area contributed by atoms with Gasteiger partial charge in [0.15, 0.2) is 5.69 Å². The molecule has 0 atom stereocenters. The number of hydrogen-bond donors (Lipinski definition) is 1. The Balaban J connectivity index is 1.36. The molecule has 0 fully saturated rings. The van der Waals surface area contributed by atoms with Gasteiger partial charge < -0.3 is 14.6 Å². The lowest BCUT2D eigenvalue weighted by atomic mass is 9.85. The van der Waals surface area contributed by atoms with Crippen LogP contribution in [0.5, 0.6) is 0 Å². The van der Waals surface area contributed by atoms with Crippen molar-refractivity contribution in [2.24, 2.45) is 4.99 Å². The van der Waals surface area contributed by atoms with Crippen LogP contribution in [0.3, 0.4) is 0 Å². The van der Waals surface area contributed by atoms with Gasteiger partial charge in [-0.3, -0.25) is 9.79 Å². The fraction of sp³-hybridized carbons (Fsp3) is 0.308. The molecule has 7 nitrogen and oxygen atoms in total. The Hall–Kier alpha value is -3.74. The van der Waals surface area contributed by atoms with E-state index in [0.29, 0.717) is 23.6 Å². The van der Waals surface area contributed by atoms with E-state index < -0.39 is 0 Å². The van der Waals surface area contributed by atoms with Crippen molar-refractivity contribution in [2.45, 2.75) is 45.3 Å². The molecule has 0 unspecified atom stereocenters. The molecule has 2 heterocycles. The fourth-order valence-corrected chi connectivity index (χ4v) is 4.56. The number of imidazole rings is 1. The van der Waals surface area contributed by atoms with Gasteiger partial charge in [0.05, 0.1) is 18.2 Å². The van der Waals surface area contributed by atoms with Gasteiger partial charge >= 0.3 is 5.97 Å². The van der Waals surface area contributed by atoms with E-state index in [2.05, 4.69) is 15.3 Å². The van der Waals surface area contributed by atoms with E-state index in [0.717, 1.165) is 43.2 Å². The number of carbonyl (C=O) groups is 2. The summed E-state index contributed by atoms with van der Waals surface area (Å²) in [4.78, 5) is 33.4. The number of aliphatic imine (C=N–C) groups is 1. The average molecular weight is 443 g/mol. The lowest BCUT2D eigenvalue weighted by Gasteiger charge is -2.21. The topological polar surface area (TPSA) is 85.6 Å². The number of rotatable bonds is 6. The van der Waals surface area contributed by atoms with Crippen LogP contribution in [0.25, 0.3) is 0 Å². The molecular weight excluding hydrogens is 416 g/mol. The van der Waals surface area contributed by atoms with E-state index in [-0.39, 0.29) is 24.9 Å². The number of hydrogen-bond acceptors (Lipinski definition) is 6. The molecule has 0 saturated carbocycles. The lowest BCUT2D eigenvalue weighted by molar-refractivity contribution is 0.0472. The van der Waals surface area contributed by atoms with Crippen LogP contribution < -0.4 is 5.32 Å². The minimum atomic E-state index is -0.298. The molecule has 0 amide bonds. The summed E-state index contributed by atoms with van der Waals surface area (Å²) in [7, 11) is 0. The summed E-state index contributed by atoms with van der Waals surface area (Å²) in [5, 5.41) is 3.08. The van der Waals surface area contributed by atoms with Crippen LogP contribution in [0, 0.1) is 0 Å². The van der Waals surface area contributed by atoms with Crippen molar-refractivity contribution < 1.29 is 14.3 Å². The molecule has 1 aliphatic carbocycles. The first-order valence-electron chi connectivity index (χ1n) is 11.4. The molecule has 0 spiro atoms. The van der Waals surface area contributed by atoms with Crippen molar-refractivity contribution >= 4 is 23.9 Å². The highest BCUT2D eigenvalue weighted by molar-refractivity contribution is 6.04. The van der Waals surface area contributed by atoms with Crippen LogP contribution in [0.2, 0.25) is 0 Å². The summed E-state index contributed by atoms with van der Waals surface area (Å²) in [6, 6.07) is 13.7. The quantitative estimate of drug-likeness (QED) is 0.583. The number of ketones is 1. The second-order valence-corrected chi connectivity index (χ2v) is 8.46. The minimum Gasteiger partial charge on any atom is -0.457 e. The van der Waals surface area contributed by atoms with Crippen LogP contribution in [-0.2, 0) is 37.2 Å². The smallest absolute Gasteiger partial charge is 0.338 e. The van der Waals surface area contributed by atoms with Crippen molar-refractivity contribution in [1.29, 1.82) is 0 Å². The summed E-state index contributed by atoms with van der Waals surface area (Å²) in [6.45, 7) is 1.01. The highest BCUT2D eigenvalue weighted by Gasteiger charge is 2.21. The maximum absolute atomic E-state index is 12.9. The number of Topliss-reactive ketones (excluding diaryl/α,β-unsaturated/α-hetero) is 1. The Morgan fingerprint density at radius 1 is 1.12 bits per heavy atom. The van der Waals surface area contributed by atoms with Gasteiger partial charge in [0.2, 0.25) is 5.78 Å². The van der Waals surface area contributed by atoms with E-state index in [1.165, 1.54) is 11.1 Å². The molecule has 1 aromatic heterocycles. The zero-order valence-corrected chi connectivity index (χ0v) is 18.4. The summed E-state index contributed by atoms with van der Waals surface area (Å²) in [6.07, 6.45) is 8.27. The van der Waals surface area contributed by atoms with Gasteiger partial charge in [-0.1, -0.05) is 30.3 Å². The second-order valence-electron chi connectivity index (χ2n) is 8.46. The number of ether oxygens (including phenoxy) is 1.